The molecule has 1 saturated heterocycles. The lowest BCUT2D eigenvalue weighted by atomic mass is 10.0. The highest BCUT2D eigenvalue weighted by molar-refractivity contribution is 7.89. The number of imidazole rings is 1. The summed E-state index contributed by atoms with van der Waals surface area (Å²) in [7, 11) is -4.36. The second-order valence-corrected chi connectivity index (χ2v) is 10.4. The average Bonchev–Trinajstić information content (AvgIpc) is 3.57. The molecule has 0 bridgehead atoms. The van der Waals surface area contributed by atoms with E-state index in [1.54, 1.807) is 48.8 Å². The molecule has 37 heavy (non-hydrogen) atoms. The molecule has 2 unspecified atom stereocenters. The van der Waals surface area contributed by atoms with E-state index in [2.05, 4.69) is 30.8 Å². The van der Waals surface area contributed by atoms with Crippen molar-refractivity contribution in [1.29, 1.82) is 0 Å². The number of sulfonamides is 1. The smallest absolute Gasteiger partial charge is 0.345 e. The van der Waals surface area contributed by atoms with Crippen LogP contribution in [0.25, 0.3) is 10.8 Å². The fourth-order valence-corrected chi connectivity index (χ4v) is 5.78. The molecular weight excluding hydrogens is 500 g/mol. The Hall–Kier alpha value is -3.52. The summed E-state index contributed by atoms with van der Waals surface area (Å²) < 4.78 is 29.4. The lowest BCUT2D eigenvalue weighted by Gasteiger charge is -2.32. The van der Waals surface area contributed by atoms with E-state index in [9.17, 15) is 23.1 Å². The van der Waals surface area contributed by atoms with Gasteiger partial charge in [0, 0.05) is 30.9 Å². The first kappa shape index (κ1) is 26.5. The Labute approximate surface area is 214 Å². The van der Waals surface area contributed by atoms with Crippen molar-refractivity contribution in [2.75, 3.05) is 18.4 Å². The van der Waals surface area contributed by atoms with Crippen molar-refractivity contribution in [1.82, 2.24) is 25.5 Å². The summed E-state index contributed by atoms with van der Waals surface area (Å²) in [5.74, 6) is -1.57. The molecule has 1 aromatic heterocycles. The predicted molar refractivity (Wildman–Crippen MR) is 136 cm³/mol. The van der Waals surface area contributed by atoms with E-state index in [1.165, 1.54) is 6.07 Å². The maximum absolute atomic E-state index is 13.6. The zero-order valence-corrected chi connectivity index (χ0v) is 20.9. The van der Waals surface area contributed by atoms with E-state index >= 15 is 0 Å². The van der Waals surface area contributed by atoms with Crippen LogP contribution in [0.4, 0.5) is 5.95 Å². The summed E-state index contributed by atoms with van der Waals surface area (Å²) >= 11 is 0. The van der Waals surface area contributed by atoms with Gasteiger partial charge < -0.3 is 20.7 Å². The van der Waals surface area contributed by atoms with Gasteiger partial charge in [-0.1, -0.05) is 36.4 Å². The van der Waals surface area contributed by atoms with Gasteiger partial charge in [-0.25, -0.2) is 23.7 Å². The summed E-state index contributed by atoms with van der Waals surface area (Å²) in [5.41, 5.74) is 0.417. The van der Waals surface area contributed by atoms with Crippen LogP contribution in [-0.4, -0.2) is 60.2 Å². The minimum Gasteiger partial charge on any atom is -0.478 e. The third kappa shape index (κ3) is 6.63. The van der Waals surface area contributed by atoms with Gasteiger partial charge in [0.05, 0.1) is 17.4 Å². The minimum atomic E-state index is -4.36. The summed E-state index contributed by atoms with van der Waals surface area (Å²) in [6.07, 6.45) is 3.90. The van der Waals surface area contributed by atoms with E-state index in [1.807, 2.05) is 0 Å². The number of anilines is 1. The van der Waals surface area contributed by atoms with Crippen LogP contribution < -0.4 is 20.8 Å². The fourth-order valence-electron chi connectivity index (χ4n) is 4.24. The highest BCUT2D eigenvalue weighted by Crippen LogP contribution is 2.25. The SMILES string of the molecule is O=C(CC1CCNO1)NC(CCCCNc1ncc[nH]1)(NS(=O)(=O)c1cccc2ccccc12)C(=O)O. The van der Waals surface area contributed by atoms with Gasteiger partial charge in [0.2, 0.25) is 21.6 Å². The van der Waals surface area contributed by atoms with Crippen molar-refractivity contribution in [2.45, 2.75) is 48.8 Å². The van der Waals surface area contributed by atoms with Gasteiger partial charge in [-0.3, -0.25) is 9.63 Å². The van der Waals surface area contributed by atoms with E-state index < -0.39 is 33.7 Å². The van der Waals surface area contributed by atoms with Crippen LogP contribution >= 0.6 is 0 Å². The number of nitrogens with one attached hydrogen (secondary N) is 5. The van der Waals surface area contributed by atoms with E-state index in [4.69, 9.17) is 4.84 Å². The number of carbonyl (C=O) groups excluding carboxylic acids is 1. The molecule has 0 aliphatic carbocycles. The fraction of sp³-hybridized carbons (Fsp3) is 0.375. The minimum absolute atomic E-state index is 0.0757. The van der Waals surface area contributed by atoms with Crippen LogP contribution in [0.2, 0.25) is 0 Å². The molecule has 198 valence electrons. The third-order valence-electron chi connectivity index (χ3n) is 6.07. The molecule has 13 heteroatoms. The second-order valence-electron chi connectivity index (χ2n) is 8.79. The predicted octanol–water partition coefficient (Wildman–Crippen LogP) is 1.70. The van der Waals surface area contributed by atoms with Gasteiger partial charge >= 0.3 is 5.97 Å². The Morgan fingerprint density at radius 2 is 1.97 bits per heavy atom. The number of hydrogen-bond donors (Lipinski definition) is 6. The van der Waals surface area contributed by atoms with Crippen molar-refractivity contribution in [3.63, 3.8) is 0 Å². The lowest BCUT2D eigenvalue weighted by Crippen LogP contribution is -2.65. The van der Waals surface area contributed by atoms with Gasteiger partial charge in [0.25, 0.3) is 0 Å². The standard InChI is InChI=1S/C24H30N6O6S/c31-21(16-18-10-13-28-36-18)29-24(22(32)33,11-3-4-12-25-23-26-14-15-27-23)30-37(34,35)20-9-5-7-17-6-1-2-8-19(17)20/h1-2,5-9,14-15,18,28,30H,3-4,10-13,16H2,(H,29,31)(H,32,33)(H2,25,26,27). The molecular formula is C24H30N6O6S. The summed E-state index contributed by atoms with van der Waals surface area (Å²) in [4.78, 5) is 37.6. The first-order valence-electron chi connectivity index (χ1n) is 12.0. The van der Waals surface area contributed by atoms with Crippen LogP contribution in [0.3, 0.4) is 0 Å². The molecule has 3 aromatic rings. The van der Waals surface area contributed by atoms with Crippen LogP contribution in [0.1, 0.15) is 32.1 Å². The number of rotatable bonds is 13. The highest BCUT2D eigenvalue weighted by Gasteiger charge is 2.44. The van der Waals surface area contributed by atoms with E-state index in [-0.39, 0.29) is 17.7 Å². The normalized spacial score (nSPS) is 17.4. The second kappa shape index (κ2) is 11.7. The van der Waals surface area contributed by atoms with Crippen LogP contribution in [0.5, 0.6) is 0 Å². The summed E-state index contributed by atoms with van der Waals surface area (Å²) in [6, 6.07) is 11.7. The Bertz CT molecular complexity index is 1320. The number of benzene rings is 2. The average molecular weight is 531 g/mol. The number of carbonyl (C=O) groups is 2. The van der Waals surface area contributed by atoms with Crippen molar-refractivity contribution in [3.8, 4) is 0 Å². The molecule has 1 fully saturated rings. The largest absolute Gasteiger partial charge is 0.478 e. The zero-order valence-electron chi connectivity index (χ0n) is 20.1. The Kier molecular flexibility index (Phi) is 8.38. The third-order valence-corrected chi connectivity index (χ3v) is 7.62. The maximum Gasteiger partial charge on any atom is 0.345 e. The molecule has 1 aliphatic rings. The van der Waals surface area contributed by atoms with Crippen LogP contribution in [-0.2, 0) is 24.4 Å². The molecule has 1 aliphatic heterocycles. The Morgan fingerprint density at radius 1 is 1.16 bits per heavy atom. The topological polar surface area (TPSA) is 175 Å². The van der Waals surface area contributed by atoms with Crippen molar-refractivity contribution in [2.24, 2.45) is 0 Å². The Balaban J connectivity index is 1.56. The molecule has 0 radical (unpaired) electrons. The van der Waals surface area contributed by atoms with E-state index in [0.717, 1.165) is 0 Å². The molecule has 1 amide bonds. The summed E-state index contributed by atoms with van der Waals surface area (Å²) in [5, 5.41) is 16.9. The van der Waals surface area contributed by atoms with Crippen molar-refractivity contribution >= 4 is 38.6 Å². The van der Waals surface area contributed by atoms with E-state index in [0.29, 0.717) is 49.1 Å². The lowest BCUT2D eigenvalue weighted by molar-refractivity contribution is -0.149. The van der Waals surface area contributed by atoms with Gasteiger partial charge in [0.1, 0.15) is 0 Å². The monoisotopic (exact) mass is 530 g/mol. The first-order valence-corrected chi connectivity index (χ1v) is 13.5. The molecule has 2 aromatic carbocycles. The Morgan fingerprint density at radius 3 is 2.70 bits per heavy atom. The number of nitrogens with zero attached hydrogens (tertiary/aromatic N) is 1. The van der Waals surface area contributed by atoms with Gasteiger partial charge in [-0.05, 0) is 37.1 Å². The number of aromatic amines is 1. The summed E-state index contributed by atoms with van der Waals surface area (Å²) in [6.45, 7) is 1.03. The number of hydroxylamine groups is 1. The quantitative estimate of drug-likeness (QED) is 0.142. The molecule has 2 heterocycles. The number of carboxylic acids is 1. The van der Waals surface area contributed by atoms with Crippen molar-refractivity contribution in [3.05, 3.63) is 54.9 Å². The maximum atomic E-state index is 13.6. The van der Waals surface area contributed by atoms with Crippen LogP contribution in [0, 0.1) is 0 Å². The zero-order chi connectivity index (χ0) is 26.3. The molecule has 0 saturated carbocycles. The molecule has 6 N–H and O–H groups in total. The number of aliphatic carboxylic acids is 1. The number of unbranched alkanes of at least 4 members (excludes halogenated alkanes) is 1. The number of amides is 1. The molecule has 4 rings (SSSR count). The van der Waals surface area contributed by atoms with Gasteiger partial charge in [0.15, 0.2) is 5.95 Å². The van der Waals surface area contributed by atoms with Crippen molar-refractivity contribution < 1.29 is 28.0 Å². The molecule has 0 spiro atoms. The first-order chi connectivity index (χ1) is 17.8. The number of H-pyrrole nitrogens is 1. The van der Waals surface area contributed by atoms with Gasteiger partial charge in [-0.15, -0.1) is 0 Å². The van der Waals surface area contributed by atoms with Crippen LogP contribution in [0.15, 0.2) is 59.8 Å². The molecule has 12 nitrogen and oxygen atoms in total. The molecule has 2 atom stereocenters. The number of aromatic nitrogens is 2. The highest BCUT2D eigenvalue weighted by atomic mass is 32.2. The number of carboxylic acid groups (broad SMARTS) is 1. The van der Waals surface area contributed by atoms with Gasteiger partial charge in [-0.2, -0.15) is 4.72 Å². The number of hydrogen-bond acceptors (Lipinski definition) is 8. The number of fused-ring (bicyclic) bond motifs is 1.